The molecule has 1 aromatic heterocycles. The van der Waals surface area contributed by atoms with Crippen LogP contribution in [0.3, 0.4) is 0 Å². The highest BCUT2D eigenvalue weighted by Crippen LogP contribution is 2.23. The maximum absolute atomic E-state index is 4.18. The fraction of sp³-hybridized carbons (Fsp3) is 0.312. The van der Waals surface area contributed by atoms with Crippen LogP contribution in [0.1, 0.15) is 29.7 Å². The van der Waals surface area contributed by atoms with Crippen LogP contribution in [0, 0.1) is 0 Å². The van der Waals surface area contributed by atoms with E-state index in [4.69, 9.17) is 0 Å². The lowest BCUT2D eigenvalue weighted by Gasteiger charge is -2.19. The summed E-state index contributed by atoms with van der Waals surface area (Å²) in [6, 6.07) is 13.8. The van der Waals surface area contributed by atoms with Crippen LogP contribution in [0.25, 0.3) is 0 Å². The summed E-state index contributed by atoms with van der Waals surface area (Å²) in [5, 5.41) is 3.70. The van der Waals surface area contributed by atoms with Gasteiger partial charge in [-0.25, -0.2) is 0 Å². The number of hydrogen-bond donors (Lipinski definition) is 1. The molecule has 18 heavy (non-hydrogen) atoms. The van der Waals surface area contributed by atoms with Gasteiger partial charge in [0, 0.05) is 24.5 Å². The predicted octanol–water partition coefficient (Wildman–Crippen LogP) is 2.90. The fourth-order valence-electron chi connectivity index (χ4n) is 2.76. The SMILES string of the molecule is CC(NC1Cc2ccccc2C1)c1cccnc1. The van der Waals surface area contributed by atoms with Crippen LogP contribution >= 0.6 is 0 Å². The Bertz CT molecular complexity index is 497. The average Bonchev–Trinajstić information content (AvgIpc) is 2.82. The smallest absolute Gasteiger partial charge is 0.0315 e. The Kier molecular flexibility index (Phi) is 3.11. The second-order valence-electron chi connectivity index (χ2n) is 5.05. The third kappa shape index (κ3) is 2.29. The molecule has 0 radical (unpaired) electrons. The molecule has 1 N–H and O–H groups in total. The summed E-state index contributed by atoms with van der Waals surface area (Å²) in [6.45, 7) is 2.21. The topological polar surface area (TPSA) is 24.9 Å². The average molecular weight is 238 g/mol. The number of aromatic nitrogens is 1. The summed E-state index contributed by atoms with van der Waals surface area (Å²) < 4.78 is 0. The lowest BCUT2D eigenvalue weighted by atomic mass is 10.1. The second-order valence-corrected chi connectivity index (χ2v) is 5.05. The van der Waals surface area contributed by atoms with Crippen molar-refractivity contribution in [1.82, 2.24) is 10.3 Å². The molecule has 1 heterocycles. The number of benzene rings is 1. The van der Waals surface area contributed by atoms with Gasteiger partial charge in [-0.2, -0.15) is 0 Å². The minimum atomic E-state index is 0.359. The molecule has 2 heteroatoms. The minimum absolute atomic E-state index is 0.359. The van der Waals surface area contributed by atoms with E-state index in [0.717, 1.165) is 12.8 Å². The first kappa shape index (κ1) is 11.4. The fourth-order valence-corrected chi connectivity index (χ4v) is 2.76. The second kappa shape index (κ2) is 4.91. The van der Waals surface area contributed by atoms with E-state index < -0.39 is 0 Å². The Morgan fingerprint density at radius 3 is 2.44 bits per heavy atom. The number of nitrogens with one attached hydrogen (secondary N) is 1. The van der Waals surface area contributed by atoms with Crippen LogP contribution in [0.4, 0.5) is 0 Å². The molecule has 1 aliphatic rings. The molecule has 0 fully saturated rings. The molecule has 2 nitrogen and oxygen atoms in total. The van der Waals surface area contributed by atoms with Crippen LogP contribution in [0.15, 0.2) is 48.8 Å². The highest BCUT2D eigenvalue weighted by atomic mass is 14.9. The van der Waals surface area contributed by atoms with Gasteiger partial charge in [-0.05, 0) is 42.5 Å². The van der Waals surface area contributed by atoms with Crippen molar-refractivity contribution < 1.29 is 0 Å². The van der Waals surface area contributed by atoms with Crippen LogP contribution in [-0.4, -0.2) is 11.0 Å². The van der Waals surface area contributed by atoms with Crippen molar-refractivity contribution in [3.8, 4) is 0 Å². The Morgan fingerprint density at radius 1 is 1.11 bits per heavy atom. The molecule has 3 rings (SSSR count). The van der Waals surface area contributed by atoms with E-state index in [-0.39, 0.29) is 0 Å². The summed E-state index contributed by atoms with van der Waals surface area (Å²) >= 11 is 0. The molecule has 92 valence electrons. The highest BCUT2D eigenvalue weighted by Gasteiger charge is 2.22. The normalized spacial score (nSPS) is 16.5. The molecule has 0 saturated carbocycles. The van der Waals surface area contributed by atoms with Crippen LogP contribution in [0.5, 0.6) is 0 Å². The van der Waals surface area contributed by atoms with Crippen LogP contribution in [-0.2, 0) is 12.8 Å². The first-order chi connectivity index (χ1) is 8.83. The Labute approximate surface area is 108 Å². The molecular formula is C16H18N2. The van der Waals surface area contributed by atoms with Crippen molar-refractivity contribution in [2.45, 2.75) is 31.8 Å². The maximum atomic E-state index is 4.18. The van der Waals surface area contributed by atoms with E-state index in [9.17, 15) is 0 Å². The molecule has 1 atom stereocenters. The Morgan fingerprint density at radius 2 is 1.83 bits per heavy atom. The van der Waals surface area contributed by atoms with E-state index in [1.165, 1.54) is 16.7 Å². The van der Waals surface area contributed by atoms with Crippen molar-refractivity contribution >= 4 is 0 Å². The van der Waals surface area contributed by atoms with Gasteiger partial charge in [-0.15, -0.1) is 0 Å². The molecular weight excluding hydrogens is 220 g/mol. The quantitative estimate of drug-likeness (QED) is 0.889. The minimum Gasteiger partial charge on any atom is -0.307 e. The molecule has 1 unspecified atom stereocenters. The zero-order valence-electron chi connectivity index (χ0n) is 10.6. The lowest BCUT2D eigenvalue weighted by Crippen LogP contribution is -2.32. The number of rotatable bonds is 3. The van der Waals surface area contributed by atoms with Gasteiger partial charge in [0.25, 0.3) is 0 Å². The highest BCUT2D eigenvalue weighted by molar-refractivity contribution is 5.33. The summed E-state index contributed by atoms with van der Waals surface area (Å²) in [5.41, 5.74) is 4.25. The van der Waals surface area contributed by atoms with Gasteiger partial charge in [0.2, 0.25) is 0 Å². The van der Waals surface area contributed by atoms with Crippen LogP contribution < -0.4 is 5.32 Å². The maximum Gasteiger partial charge on any atom is 0.0315 e. The molecule has 0 amide bonds. The van der Waals surface area contributed by atoms with Gasteiger partial charge < -0.3 is 5.32 Å². The molecule has 0 spiro atoms. The summed E-state index contributed by atoms with van der Waals surface area (Å²) in [6.07, 6.45) is 6.04. The molecule has 0 aliphatic heterocycles. The summed E-state index contributed by atoms with van der Waals surface area (Å²) in [7, 11) is 0. The van der Waals surface area contributed by atoms with Gasteiger partial charge in [-0.3, -0.25) is 4.98 Å². The summed E-state index contributed by atoms with van der Waals surface area (Å²) in [5.74, 6) is 0. The van der Waals surface area contributed by atoms with Crippen LogP contribution in [0.2, 0.25) is 0 Å². The number of fused-ring (bicyclic) bond motifs is 1. The van der Waals surface area contributed by atoms with Gasteiger partial charge in [0.05, 0.1) is 0 Å². The first-order valence-corrected chi connectivity index (χ1v) is 6.55. The third-order valence-electron chi connectivity index (χ3n) is 3.72. The number of hydrogen-bond acceptors (Lipinski definition) is 2. The van der Waals surface area contributed by atoms with Gasteiger partial charge >= 0.3 is 0 Å². The predicted molar refractivity (Wildman–Crippen MR) is 73.4 cm³/mol. The monoisotopic (exact) mass is 238 g/mol. The third-order valence-corrected chi connectivity index (χ3v) is 3.72. The van der Waals surface area contributed by atoms with E-state index in [2.05, 4.69) is 47.6 Å². The molecule has 0 bridgehead atoms. The van der Waals surface area contributed by atoms with Gasteiger partial charge in [-0.1, -0.05) is 30.3 Å². The van der Waals surface area contributed by atoms with E-state index in [0.29, 0.717) is 12.1 Å². The zero-order chi connectivity index (χ0) is 12.4. The number of pyridine rings is 1. The first-order valence-electron chi connectivity index (χ1n) is 6.55. The summed E-state index contributed by atoms with van der Waals surface area (Å²) in [4.78, 5) is 4.18. The largest absolute Gasteiger partial charge is 0.307 e. The van der Waals surface area contributed by atoms with Crippen molar-refractivity contribution in [1.29, 1.82) is 0 Å². The van der Waals surface area contributed by atoms with Crippen molar-refractivity contribution in [3.63, 3.8) is 0 Å². The van der Waals surface area contributed by atoms with Crippen molar-refractivity contribution in [2.75, 3.05) is 0 Å². The Balaban J connectivity index is 1.66. The molecule has 1 aromatic carbocycles. The van der Waals surface area contributed by atoms with Crippen molar-refractivity contribution in [2.24, 2.45) is 0 Å². The molecule has 2 aromatic rings. The van der Waals surface area contributed by atoms with Crippen molar-refractivity contribution in [3.05, 3.63) is 65.5 Å². The Hall–Kier alpha value is -1.67. The van der Waals surface area contributed by atoms with E-state index in [1.54, 1.807) is 0 Å². The molecule has 0 saturated heterocycles. The molecule has 1 aliphatic carbocycles. The van der Waals surface area contributed by atoms with Gasteiger partial charge in [0.15, 0.2) is 0 Å². The van der Waals surface area contributed by atoms with Gasteiger partial charge in [0.1, 0.15) is 0 Å². The van der Waals surface area contributed by atoms with E-state index in [1.807, 2.05) is 18.5 Å². The zero-order valence-corrected chi connectivity index (χ0v) is 10.6. The standard InChI is InChI=1S/C16H18N2/c1-12(15-7-4-8-17-11-15)18-16-9-13-5-2-3-6-14(13)10-16/h2-8,11-12,16,18H,9-10H2,1H3. The lowest BCUT2D eigenvalue weighted by molar-refractivity contribution is 0.467. The number of nitrogens with zero attached hydrogens (tertiary/aromatic N) is 1. The van der Waals surface area contributed by atoms with E-state index >= 15 is 0 Å².